The van der Waals surface area contributed by atoms with Gasteiger partial charge in [0.15, 0.2) is 5.71 Å². The lowest BCUT2D eigenvalue weighted by Crippen LogP contribution is -2.34. The second-order valence-electron chi connectivity index (χ2n) is 19.3. The third-order valence-electron chi connectivity index (χ3n) is 13.9. The Bertz CT molecular complexity index is 2920. The molecule has 2 atom stereocenters. The van der Waals surface area contributed by atoms with Gasteiger partial charge >= 0.3 is 5.97 Å². The SMILES string of the molecule is CC1(CCCCCC(=O)ON2C(=O)CCC2=O)C2=[N+](CCCCCC(=O)NCCNC(=O)CCCCCC3(C)/C(=C/C=C/C=C/2)N(CCCS(=O)(=O)O)c2ccc(S(=O)(=O)O)cc23)c2ccc(S(=O)(=O)O)cc21. The molecular weight excluding hydrogens is 1010 g/mol. The lowest BCUT2D eigenvalue weighted by atomic mass is 9.75. The first kappa shape index (κ1) is 56.7. The monoisotopic (exact) mass is 1070 g/mol. The Morgan fingerprint density at radius 1 is 0.712 bits per heavy atom. The molecule has 5 N–H and O–H groups in total. The summed E-state index contributed by atoms with van der Waals surface area (Å²) in [5, 5.41) is 6.20. The van der Waals surface area contributed by atoms with Crippen molar-refractivity contribution in [3.63, 3.8) is 0 Å². The van der Waals surface area contributed by atoms with Gasteiger partial charge in [0.05, 0.1) is 21.0 Å². The molecule has 2 aromatic rings. The Hall–Kier alpha value is -5.59. The van der Waals surface area contributed by atoms with Crippen molar-refractivity contribution in [1.82, 2.24) is 15.7 Å². The molecule has 4 heterocycles. The van der Waals surface area contributed by atoms with Gasteiger partial charge in [-0.25, -0.2) is 4.79 Å². The van der Waals surface area contributed by atoms with Crippen molar-refractivity contribution in [1.29, 1.82) is 0 Å². The van der Waals surface area contributed by atoms with Gasteiger partial charge in [0.2, 0.25) is 17.5 Å². The van der Waals surface area contributed by atoms with Crippen LogP contribution in [-0.2, 0) is 70.0 Å². The van der Waals surface area contributed by atoms with Crippen LogP contribution in [0, 0.1) is 0 Å². The van der Waals surface area contributed by atoms with E-state index in [4.69, 9.17) is 4.84 Å². The van der Waals surface area contributed by atoms with Crippen LogP contribution in [-0.4, -0.2) is 116 Å². The molecule has 398 valence electrons. The molecule has 1 saturated heterocycles. The van der Waals surface area contributed by atoms with Gasteiger partial charge in [0.1, 0.15) is 6.54 Å². The molecule has 0 radical (unpaired) electrons. The van der Waals surface area contributed by atoms with Crippen LogP contribution >= 0.6 is 0 Å². The number of nitrogens with one attached hydrogen (secondary N) is 2. The lowest BCUT2D eigenvalue weighted by molar-refractivity contribution is -0.438. The minimum atomic E-state index is -4.63. The number of hydrogen-bond acceptors (Lipinski definition) is 13. The van der Waals surface area contributed by atoms with Gasteiger partial charge in [-0.1, -0.05) is 43.9 Å². The summed E-state index contributed by atoms with van der Waals surface area (Å²) in [6.45, 7) is 4.99. The zero-order valence-electron chi connectivity index (χ0n) is 41.2. The number of rotatable bonds is 13. The van der Waals surface area contributed by atoms with Gasteiger partial charge in [-0.05, 0) is 101 Å². The Morgan fingerprint density at radius 3 is 1.96 bits per heavy atom. The molecule has 0 aliphatic carbocycles. The van der Waals surface area contributed by atoms with E-state index in [1.807, 2.05) is 37.0 Å². The van der Waals surface area contributed by atoms with E-state index in [2.05, 4.69) is 15.2 Å². The summed E-state index contributed by atoms with van der Waals surface area (Å²) in [4.78, 5) is 68.3. The van der Waals surface area contributed by atoms with Gasteiger partial charge in [0, 0.05) is 92.7 Å². The normalized spacial score (nSPS) is 23.7. The predicted octanol–water partition coefficient (Wildman–Crippen LogP) is 5.90. The van der Waals surface area contributed by atoms with Crippen molar-refractivity contribution in [3.05, 3.63) is 83.6 Å². The van der Waals surface area contributed by atoms with E-state index in [1.54, 1.807) is 24.3 Å². The highest BCUT2D eigenvalue weighted by molar-refractivity contribution is 7.86. The first-order valence-corrected chi connectivity index (χ1v) is 29.2. The summed E-state index contributed by atoms with van der Waals surface area (Å²) in [7, 11) is -13.6. The minimum absolute atomic E-state index is 0.0193. The summed E-state index contributed by atoms with van der Waals surface area (Å²) >= 11 is 0. The van der Waals surface area contributed by atoms with Gasteiger partial charge in [-0.3, -0.25) is 32.8 Å². The predicted molar refractivity (Wildman–Crippen MR) is 270 cm³/mol. The topological polar surface area (TPSA) is 291 Å². The van der Waals surface area contributed by atoms with Gasteiger partial charge in [-0.15, -0.1) is 5.06 Å². The number of fused-ring (bicyclic) bond motifs is 5. The molecule has 20 nitrogen and oxygen atoms in total. The van der Waals surface area contributed by atoms with Crippen molar-refractivity contribution in [2.75, 3.05) is 36.8 Å². The fraction of sp³-hybridized carbons (Fsp3) is 0.520. The summed E-state index contributed by atoms with van der Waals surface area (Å²) in [5.41, 5.74) is 2.25. The van der Waals surface area contributed by atoms with Crippen molar-refractivity contribution >= 4 is 77.0 Å². The quantitative estimate of drug-likeness (QED) is 0.0675. The van der Waals surface area contributed by atoms with Crippen LogP contribution in [0.25, 0.3) is 0 Å². The second kappa shape index (κ2) is 24.2. The van der Waals surface area contributed by atoms with Crippen LogP contribution in [0.5, 0.6) is 0 Å². The molecule has 4 aliphatic rings. The number of hydrogen-bond donors (Lipinski definition) is 5. The van der Waals surface area contributed by atoms with Gasteiger partial charge in [-0.2, -0.15) is 29.8 Å². The molecule has 4 aliphatic heterocycles. The first-order valence-electron chi connectivity index (χ1n) is 24.7. The summed E-state index contributed by atoms with van der Waals surface area (Å²) in [5.74, 6) is -2.72. The van der Waals surface area contributed by atoms with E-state index in [0.29, 0.717) is 110 Å². The van der Waals surface area contributed by atoms with E-state index in [0.717, 1.165) is 5.71 Å². The highest BCUT2D eigenvalue weighted by Gasteiger charge is 2.48. The maximum Gasteiger partial charge on any atom is 0.333 e. The van der Waals surface area contributed by atoms with E-state index < -0.39 is 64.7 Å². The molecule has 1 fully saturated rings. The van der Waals surface area contributed by atoms with Crippen molar-refractivity contribution < 1.29 is 72.3 Å². The largest absolute Gasteiger partial charge is 0.354 e. The van der Waals surface area contributed by atoms with Crippen molar-refractivity contribution in [3.8, 4) is 0 Å². The van der Waals surface area contributed by atoms with E-state index in [9.17, 15) is 62.9 Å². The average molecular weight is 1070 g/mol. The maximum absolute atomic E-state index is 12.7. The van der Waals surface area contributed by atoms with Crippen molar-refractivity contribution in [2.45, 2.75) is 144 Å². The summed E-state index contributed by atoms with van der Waals surface area (Å²) in [6.07, 6.45) is 15.6. The Labute approximate surface area is 427 Å². The number of allylic oxidation sites excluding steroid dienone is 6. The third kappa shape index (κ3) is 14.6. The Kier molecular flexibility index (Phi) is 18.8. The molecule has 4 amide bonds. The van der Waals surface area contributed by atoms with Crippen LogP contribution in [0.4, 0.5) is 11.4 Å². The van der Waals surface area contributed by atoms with Crippen LogP contribution in [0.15, 0.2) is 82.3 Å². The smallest absolute Gasteiger partial charge is 0.333 e. The zero-order chi connectivity index (χ0) is 53.2. The Morgan fingerprint density at radius 2 is 1.33 bits per heavy atom. The number of imide groups is 1. The zero-order valence-corrected chi connectivity index (χ0v) is 43.7. The molecule has 73 heavy (non-hydrogen) atoms. The lowest BCUT2D eigenvalue weighted by Gasteiger charge is -2.30. The molecule has 0 spiro atoms. The van der Waals surface area contributed by atoms with Crippen molar-refractivity contribution in [2.24, 2.45) is 0 Å². The van der Waals surface area contributed by atoms with Crippen LogP contribution in [0.1, 0.15) is 134 Å². The standard InChI is InChI=1S/C50H65N5O15S3/c1-49(28-13-5-11-20-48(60)70-55-46(58)25-26-47(55)59)38-34-36(72(64,65)66)21-23-40(38)53-31-14-6-10-19-45(57)52-30-29-51-44(56)18-9-4-12-27-50(2)39-35-37(73(67,68)69)22-24-41(39)54(32-15-33-71(61,62)63)43(50)17-8-3-7-16-42(49)53/h3,7-8,16-17,21-24,34-35H,4-6,9-15,18-20,25-33H2,1-2H3,(H4-,51,52,56,57,61,62,63,64,65,66,67,68,69)/p+1. The molecule has 2 aromatic carbocycles. The molecule has 23 heteroatoms. The number of hydroxylamine groups is 2. The summed E-state index contributed by atoms with van der Waals surface area (Å²) < 4.78 is 106. The number of benzene rings is 2. The molecule has 6 rings (SSSR count). The van der Waals surface area contributed by atoms with E-state index in [-0.39, 0.29) is 79.8 Å². The molecule has 2 unspecified atom stereocenters. The van der Waals surface area contributed by atoms with E-state index >= 15 is 0 Å². The van der Waals surface area contributed by atoms with Gasteiger partial charge in [0.25, 0.3) is 42.2 Å². The Balaban J connectivity index is 1.37. The maximum atomic E-state index is 12.7. The average Bonchev–Trinajstić information content (AvgIpc) is 3.84. The number of carbonyl (C=O) groups is 5. The van der Waals surface area contributed by atoms with E-state index in [1.165, 1.54) is 24.3 Å². The van der Waals surface area contributed by atoms with Crippen LogP contribution in [0.3, 0.4) is 0 Å². The second-order valence-corrected chi connectivity index (χ2v) is 23.7. The summed E-state index contributed by atoms with van der Waals surface area (Å²) in [6, 6.07) is 8.70. The fourth-order valence-electron chi connectivity index (χ4n) is 10.1. The number of anilines is 1. The number of unbranched alkanes of at least 4 members (excludes halogenated alkanes) is 2. The first-order chi connectivity index (χ1) is 34.4. The van der Waals surface area contributed by atoms with Crippen LogP contribution < -0.4 is 15.5 Å². The molecular formula is C50H66N5O15S3+. The third-order valence-corrected chi connectivity index (χ3v) is 16.4. The van der Waals surface area contributed by atoms with Gasteiger partial charge < -0.3 is 20.4 Å². The molecule has 0 saturated carbocycles. The minimum Gasteiger partial charge on any atom is -0.354 e. The highest BCUT2D eigenvalue weighted by Crippen LogP contribution is 2.52. The molecule has 0 aromatic heterocycles. The van der Waals surface area contributed by atoms with Crippen LogP contribution in [0.2, 0.25) is 0 Å². The molecule has 0 bridgehead atoms. The fourth-order valence-corrected chi connectivity index (χ4v) is 11.6. The number of carbonyl (C=O) groups excluding carboxylic acids is 5. The highest BCUT2D eigenvalue weighted by atomic mass is 32.2. The number of amides is 4. The number of nitrogens with zero attached hydrogens (tertiary/aromatic N) is 3.